The van der Waals surface area contributed by atoms with Crippen molar-refractivity contribution < 1.29 is 0 Å². The maximum absolute atomic E-state index is 4.50. The third-order valence-corrected chi connectivity index (χ3v) is 4.81. The minimum absolute atomic E-state index is 0.674. The van der Waals surface area contributed by atoms with Crippen molar-refractivity contribution in [3.05, 3.63) is 34.0 Å². The van der Waals surface area contributed by atoms with Crippen LogP contribution in [0.25, 0.3) is 0 Å². The molecule has 0 aliphatic rings. The number of thioether (sulfide) groups is 1. The Labute approximate surface area is 136 Å². The van der Waals surface area contributed by atoms with Crippen LogP contribution in [0.3, 0.4) is 0 Å². The summed E-state index contributed by atoms with van der Waals surface area (Å²) in [5.41, 5.74) is 0. The first-order chi connectivity index (χ1) is 10.8. The van der Waals surface area contributed by atoms with Gasteiger partial charge in [0.2, 0.25) is 5.16 Å². The highest BCUT2D eigenvalue weighted by molar-refractivity contribution is 7.98. The third kappa shape index (κ3) is 3.92. The summed E-state index contributed by atoms with van der Waals surface area (Å²) in [6.45, 7) is 3.01. The minimum atomic E-state index is 0.674. The Morgan fingerprint density at radius 2 is 2.36 bits per heavy atom. The second-order valence-electron chi connectivity index (χ2n) is 4.78. The Hall–Kier alpha value is -1.74. The van der Waals surface area contributed by atoms with Gasteiger partial charge < -0.3 is 0 Å². The monoisotopic (exact) mass is 335 g/mol. The summed E-state index contributed by atoms with van der Waals surface area (Å²) in [5.74, 6) is 2.42. The van der Waals surface area contributed by atoms with E-state index in [1.54, 1.807) is 23.1 Å². The molecule has 1 N–H and O–H groups in total. The Balaban J connectivity index is 1.55. The summed E-state index contributed by atoms with van der Waals surface area (Å²) < 4.78 is 1.86. The Morgan fingerprint density at radius 1 is 1.41 bits per heavy atom. The molecule has 22 heavy (non-hydrogen) atoms. The average Bonchev–Trinajstić information content (AvgIpc) is 3.25. The second-order valence-corrected chi connectivity index (χ2v) is 6.76. The van der Waals surface area contributed by atoms with Gasteiger partial charge in [-0.25, -0.2) is 9.67 Å². The van der Waals surface area contributed by atoms with Crippen LogP contribution in [0.1, 0.15) is 36.3 Å². The maximum Gasteiger partial charge on any atom is 0.208 e. The number of tetrazole rings is 1. The van der Waals surface area contributed by atoms with E-state index in [1.807, 2.05) is 10.7 Å². The van der Waals surface area contributed by atoms with Crippen LogP contribution in [0.15, 0.2) is 22.7 Å². The molecule has 3 aromatic rings. The molecule has 9 heteroatoms. The molecule has 0 radical (unpaired) electrons. The first kappa shape index (κ1) is 15.2. The van der Waals surface area contributed by atoms with Crippen molar-refractivity contribution in [3.63, 3.8) is 0 Å². The van der Waals surface area contributed by atoms with Crippen molar-refractivity contribution in [2.24, 2.45) is 0 Å². The molecule has 0 aromatic carbocycles. The molecule has 0 saturated heterocycles. The number of nitrogens with zero attached hydrogens (tertiary/aromatic N) is 6. The van der Waals surface area contributed by atoms with Crippen LogP contribution in [-0.4, -0.2) is 35.4 Å². The predicted molar refractivity (Wildman–Crippen MR) is 85.8 cm³/mol. The number of hydrogen-bond acceptors (Lipinski definition) is 7. The lowest BCUT2D eigenvalue weighted by Gasteiger charge is -2.01. The lowest BCUT2D eigenvalue weighted by molar-refractivity contribution is 0.540. The standard InChI is InChI=1S/C13H17N7S2/c1-2-3-6-20-12(16-18-19-20)9-22-13-14-11(15-17-13)8-10-5-4-7-21-10/h4-5,7H,2-3,6,8-9H2,1H3,(H,14,15,17). The number of hydrogen-bond donors (Lipinski definition) is 1. The smallest absolute Gasteiger partial charge is 0.208 e. The van der Waals surface area contributed by atoms with E-state index in [0.29, 0.717) is 5.75 Å². The van der Waals surface area contributed by atoms with Crippen molar-refractivity contribution in [3.8, 4) is 0 Å². The van der Waals surface area contributed by atoms with Crippen LogP contribution in [0.4, 0.5) is 0 Å². The number of H-pyrrole nitrogens is 1. The molecule has 3 heterocycles. The van der Waals surface area contributed by atoms with E-state index in [-0.39, 0.29) is 0 Å². The van der Waals surface area contributed by atoms with Gasteiger partial charge in [-0.15, -0.1) is 21.5 Å². The lowest BCUT2D eigenvalue weighted by atomic mass is 10.3. The third-order valence-electron chi connectivity index (χ3n) is 3.09. The van der Waals surface area contributed by atoms with E-state index >= 15 is 0 Å². The zero-order valence-electron chi connectivity index (χ0n) is 12.3. The van der Waals surface area contributed by atoms with Gasteiger partial charge in [-0.05, 0) is 28.3 Å². The number of rotatable bonds is 8. The fourth-order valence-electron chi connectivity index (χ4n) is 1.94. The van der Waals surface area contributed by atoms with Gasteiger partial charge in [0.05, 0.1) is 5.75 Å². The summed E-state index contributed by atoms with van der Waals surface area (Å²) in [5, 5.41) is 21.9. The molecule has 0 unspecified atom stereocenters. The quantitative estimate of drug-likeness (QED) is 0.637. The Morgan fingerprint density at radius 3 is 3.18 bits per heavy atom. The highest BCUT2D eigenvalue weighted by atomic mass is 32.2. The van der Waals surface area contributed by atoms with E-state index < -0.39 is 0 Å². The van der Waals surface area contributed by atoms with Crippen LogP contribution in [0.2, 0.25) is 0 Å². The van der Waals surface area contributed by atoms with Gasteiger partial charge in [-0.2, -0.15) is 0 Å². The van der Waals surface area contributed by atoms with Gasteiger partial charge in [0.1, 0.15) is 5.82 Å². The number of aryl methyl sites for hydroxylation is 1. The van der Waals surface area contributed by atoms with Gasteiger partial charge >= 0.3 is 0 Å². The molecule has 3 rings (SSSR count). The molecule has 0 fully saturated rings. The fraction of sp³-hybridized carbons (Fsp3) is 0.462. The van der Waals surface area contributed by atoms with Gasteiger partial charge in [0.25, 0.3) is 0 Å². The van der Waals surface area contributed by atoms with Crippen molar-refractivity contribution in [2.75, 3.05) is 0 Å². The Bertz CT molecular complexity index is 689. The summed E-state index contributed by atoms with van der Waals surface area (Å²) in [6.07, 6.45) is 2.99. The van der Waals surface area contributed by atoms with E-state index in [9.17, 15) is 0 Å². The first-order valence-electron chi connectivity index (χ1n) is 7.16. The molecule has 0 bridgehead atoms. The Kier molecular flexibility index (Phi) is 5.17. The number of aromatic nitrogens is 7. The highest BCUT2D eigenvalue weighted by Gasteiger charge is 2.10. The van der Waals surface area contributed by atoms with Crippen molar-refractivity contribution >= 4 is 23.1 Å². The summed E-state index contributed by atoms with van der Waals surface area (Å²) in [4.78, 5) is 5.78. The number of thiophene rings is 1. The van der Waals surface area contributed by atoms with Crippen LogP contribution in [0, 0.1) is 0 Å². The van der Waals surface area contributed by atoms with Crippen LogP contribution < -0.4 is 0 Å². The largest absolute Gasteiger partial charge is 0.262 e. The normalized spacial score (nSPS) is 11.1. The SMILES string of the molecule is CCCCn1nnnc1CSc1n[nH]c(Cc2cccs2)n1. The van der Waals surface area contributed by atoms with Gasteiger partial charge in [-0.3, -0.25) is 5.10 Å². The first-order valence-corrected chi connectivity index (χ1v) is 9.03. The predicted octanol–water partition coefficient (Wildman–Crippen LogP) is 2.54. The molecule has 0 amide bonds. The molecule has 3 aromatic heterocycles. The second kappa shape index (κ2) is 7.50. The molecule has 0 aliphatic carbocycles. The van der Waals surface area contributed by atoms with E-state index in [4.69, 9.17) is 0 Å². The molecule has 0 saturated carbocycles. The summed E-state index contributed by atoms with van der Waals surface area (Å²) in [7, 11) is 0. The topological polar surface area (TPSA) is 85.2 Å². The molecule has 7 nitrogen and oxygen atoms in total. The molecule has 0 aliphatic heterocycles. The number of unbranched alkanes of at least 4 members (excludes halogenated alkanes) is 1. The molecular formula is C13H17N7S2. The van der Waals surface area contributed by atoms with E-state index in [2.05, 4.69) is 49.1 Å². The van der Waals surface area contributed by atoms with Crippen molar-refractivity contribution in [1.29, 1.82) is 0 Å². The molecule has 0 spiro atoms. The summed E-state index contributed by atoms with van der Waals surface area (Å²) >= 11 is 3.27. The highest BCUT2D eigenvalue weighted by Crippen LogP contribution is 2.19. The summed E-state index contributed by atoms with van der Waals surface area (Å²) in [6, 6.07) is 4.14. The molecule has 0 atom stereocenters. The number of nitrogens with one attached hydrogen (secondary N) is 1. The van der Waals surface area contributed by atoms with Gasteiger partial charge in [0.15, 0.2) is 5.82 Å². The minimum Gasteiger partial charge on any atom is -0.262 e. The van der Waals surface area contributed by atoms with Crippen LogP contribution >= 0.6 is 23.1 Å². The van der Waals surface area contributed by atoms with Crippen LogP contribution in [0.5, 0.6) is 0 Å². The van der Waals surface area contributed by atoms with Gasteiger partial charge in [0, 0.05) is 17.8 Å². The number of aromatic amines is 1. The van der Waals surface area contributed by atoms with Crippen molar-refractivity contribution in [1.82, 2.24) is 35.4 Å². The molecule has 116 valence electrons. The fourth-order valence-corrected chi connectivity index (χ4v) is 3.40. The van der Waals surface area contributed by atoms with Crippen LogP contribution in [-0.2, 0) is 18.7 Å². The van der Waals surface area contributed by atoms with Gasteiger partial charge in [-0.1, -0.05) is 31.2 Å². The zero-order chi connectivity index (χ0) is 15.2. The maximum atomic E-state index is 4.50. The van der Waals surface area contributed by atoms with Crippen molar-refractivity contribution in [2.45, 2.75) is 43.6 Å². The zero-order valence-corrected chi connectivity index (χ0v) is 13.9. The molecular weight excluding hydrogens is 318 g/mol. The van der Waals surface area contributed by atoms with E-state index in [0.717, 1.165) is 42.6 Å². The van der Waals surface area contributed by atoms with E-state index in [1.165, 1.54) is 4.88 Å². The average molecular weight is 335 g/mol. The lowest BCUT2D eigenvalue weighted by Crippen LogP contribution is -2.05.